The van der Waals surface area contributed by atoms with E-state index in [0.717, 1.165) is 5.56 Å². The number of hydrogen-bond donors (Lipinski definition) is 2. The third kappa shape index (κ3) is 4.74. The summed E-state index contributed by atoms with van der Waals surface area (Å²) in [6, 6.07) is 5.77. The molecule has 2 amide bonds. The molecule has 1 heterocycles. The van der Waals surface area contributed by atoms with Crippen molar-refractivity contribution in [2.75, 3.05) is 11.6 Å². The number of hydrogen-bond acceptors (Lipinski definition) is 4. The van der Waals surface area contributed by atoms with Gasteiger partial charge in [0.25, 0.3) is 0 Å². The number of aromatic carboxylic acids is 1. The van der Waals surface area contributed by atoms with Crippen LogP contribution in [0.5, 0.6) is 0 Å². The SMILES string of the molecule is CC(C)(C)NC(=O)C1CSCN1C(=O)Cc1ccc(C(=O)O)cc1. The molecule has 24 heavy (non-hydrogen) atoms. The van der Waals surface area contributed by atoms with Crippen LogP contribution in [-0.4, -0.2) is 51.0 Å². The van der Waals surface area contributed by atoms with Gasteiger partial charge < -0.3 is 15.3 Å². The van der Waals surface area contributed by atoms with Gasteiger partial charge in [0.05, 0.1) is 17.9 Å². The zero-order chi connectivity index (χ0) is 17.9. The van der Waals surface area contributed by atoms with Crippen LogP contribution in [0.4, 0.5) is 0 Å². The lowest BCUT2D eigenvalue weighted by Crippen LogP contribution is -2.52. The molecule has 1 aliphatic heterocycles. The Hall–Kier alpha value is -2.02. The number of carboxylic acid groups (broad SMARTS) is 1. The molecular weight excluding hydrogens is 328 g/mol. The average molecular weight is 350 g/mol. The van der Waals surface area contributed by atoms with Gasteiger partial charge in [-0.2, -0.15) is 0 Å². The average Bonchev–Trinajstić information content (AvgIpc) is 2.95. The number of carbonyl (C=O) groups excluding carboxylic acids is 2. The highest BCUT2D eigenvalue weighted by molar-refractivity contribution is 7.99. The predicted octanol–water partition coefficient (Wildman–Crippen LogP) is 1.74. The van der Waals surface area contributed by atoms with E-state index in [-0.39, 0.29) is 29.3 Å². The number of benzene rings is 1. The molecule has 130 valence electrons. The van der Waals surface area contributed by atoms with E-state index in [4.69, 9.17) is 5.11 Å². The van der Waals surface area contributed by atoms with Crippen LogP contribution in [-0.2, 0) is 16.0 Å². The van der Waals surface area contributed by atoms with Crippen LogP contribution in [0.15, 0.2) is 24.3 Å². The van der Waals surface area contributed by atoms with Crippen molar-refractivity contribution in [2.24, 2.45) is 0 Å². The molecule has 0 aromatic heterocycles. The van der Waals surface area contributed by atoms with E-state index < -0.39 is 12.0 Å². The van der Waals surface area contributed by atoms with E-state index in [1.165, 1.54) is 12.1 Å². The van der Waals surface area contributed by atoms with Gasteiger partial charge in [-0.1, -0.05) is 12.1 Å². The van der Waals surface area contributed by atoms with Gasteiger partial charge in [-0.25, -0.2) is 4.79 Å². The van der Waals surface area contributed by atoms with Crippen molar-refractivity contribution in [1.82, 2.24) is 10.2 Å². The van der Waals surface area contributed by atoms with Gasteiger partial charge in [-0.15, -0.1) is 11.8 Å². The fraction of sp³-hybridized carbons (Fsp3) is 0.471. The maximum atomic E-state index is 12.5. The molecule has 0 saturated carbocycles. The first-order chi connectivity index (χ1) is 11.2. The maximum absolute atomic E-state index is 12.5. The van der Waals surface area contributed by atoms with Gasteiger partial charge >= 0.3 is 5.97 Å². The van der Waals surface area contributed by atoms with Crippen LogP contribution in [0.2, 0.25) is 0 Å². The summed E-state index contributed by atoms with van der Waals surface area (Å²) in [5, 5.41) is 11.8. The van der Waals surface area contributed by atoms with E-state index in [9.17, 15) is 14.4 Å². The highest BCUT2D eigenvalue weighted by atomic mass is 32.2. The Bertz CT molecular complexity index is 637. The summed E-state index contributed by atoms with van der Waals surface area (Å²) < 4.78 is 0. The first-order valence-electron chi connectivity index (χ1n) is 7.69. The van der Waals surface area contributed by atoms with Crippen molar-refractivity contribution >= 4 is 29.5 Å². The standard InChI is InChI=1S/C17H22N2O4S/c1-17(2,3)18-15(21)13-9-24-10-19(13)14(20)8-11-4-6-12(7-5-11)16(22)23/h4-7,13H,8-10H2,1-3H3,(H,18,21)(H,22,23). The molecule has 1 atom stereocenters. The van der Waals surface area contributed by atoms with Gasteiger partial charge in [0, 0.05) is 11.3 Å². The number of nitrogens with zero attached hydrogens (tertiary/aromatic N) is 1. The molecule has 0 aliphatic carbocycles. The molecule has 1 fully saturated rings. The van der Waals surface area contributed by atoms with Crippen molar-refractivity contribution in [3.05, 3.63) is 35.4 Å². The fourth-order valence-corrected chi connectivity index (χ4v) is 3.58. The first-order valence-corrected chi connectivity index (χ1v) is 8.84. The summed E-state index contributed by atoms with van der Waals surface area (Å²) in [5.41, 5.74) is 0.577. The zero-order valence-electron chi connectivity index (χ0n) is 14.0. The Morgan fingerprint density at radius 2 is 1.88 bits per heavy atom. The third-order valence-electron chi connectivity index (χ3n) is 3.56. The van der Waals surface area contributed by atoms with Gasteiger partial charge in [-0.05, 0) is 38.5 Å². The molecule has 1 aromatic carbocycles. The largest absolute Gasteiger partial charge is 0.478 e. The minimum Gasteiger partial charge on any atom is -0.478 e. The number of rotatable bonds is 4. The second-order valence-electron chi connectivity index (χ2n) is 6.80. The summed E-state index contributed by atoms with van der Waals surface area (Å²) in [6.07, 6.45) is 0.153. The molecule has 1 aliphatic rings. The molecule has 0 spiro atoms. The minimum absolute atomic E-state index is 0.128. The Balaban J connectivity index is 2.02. The summed E-state index contributed by atoms with van der Waals surface area (Å²) in [4.78, 5) is 37.3. The van der Waals surface area contributed by atoms with E-state index in [1.807, 2.05) is 20.8 Å². The van der Waals surface area contributed by atoms with E-state index in [0.29, 0.717) is 11.6 Å². The van der Waals surface area contributed by atoms with E-state index in [1.54, 1.807) is 28.8 Å². The second-order valence-corrected chi connectivity index (χ2v) is 7.80. The van der Waals surface area contributed by atoms with Crippen molar-refractivity contribution in [3.63, 3.8) is 0 Å². The molecule has 1 unspecified atom stereocenters. The Morgan fingerprint density at radius 3 is 2.42 bits per heavy atom. The van der Waals surface area contributed by atoms with Crippen LogP contribution in [0.3, 0.4) is 0 Å². The quantitative estimate of drug-likeness (QED) is 0.864. The summed E-state index contributed by atoms with van der Waals surface area (Å²) in [6.45, 7) is 5.72. The number of carboxylic acids is 1. The van der Waals surface area contributed by atoms with Gasteiger partial charge in [0.1, 0.15) is 6.04 Å². The summed E-state index contributed by atoms with van der Waals surface area (Å²) in [5.74, 6) is -0.179. The Morgan fingerprint density at radius 1 is 1.25 bits per heavy atom. The number of nitrogens with one attached hydrogen (secondary N) is 1. The maximum Gasteiger partial charge on any atom is 0.335 e. The monoisotopic (exact) mass is 350 g/mol. The van der Waals surface area contributed by atoms with Crippen LogP contribution in [0, 0.1) is 0 Å². The van der Waals surface area contributed by atoms with Crippen molar-refractivity contribution in [1.29, 1.82) is 0 Å². The van der Waals surface area contributed by atoms with Crippen LogP contribution < -0.4 is 5.32 Å². The minimum atomic E-state index is -0.997. The highest BCUT2D eigenvalue weighted by Gasteiger charge is 2.35. The van der Waals surface area contributed by atoms with Crippen LogP contribution in [0.25, 0.3) is 0 Å². The zero-order valence-corrected chi connectivity index (χ0v) is 14.9. The van der Waals surface area contributed by atoms with Crippen LogP contribution in [0.1, 0.15) is 36.7 Å². The number of amides is 2. The summed E-state index contributed by atoms with van der Waals surface area (Å²) in [7, 11) is 0. The smallest absolute Gasteiger partial charge is 0.335 e. The first kappa shape index (κ1) is 18.3. The Kier molecular flexibility index (Phi) is 5.54. The number of thioether (sulfide) groups is 1. The lowest BCUT2D eigenvalue weighted by Gasteiger charge is -2.27. The van der Waals surface area contributed by atoms with E-state index in [2.05, 4.69) is 5.32 Å². The van der Waals surface area contributed by atoms with Crippen molar-refractivity contribution < 1.29 is 19.5 Å². The second kappa shape index (κ2) is 7.25. The lowest BCUT2D eigenvalue weighted by molar-refractivity contribution is -0.138. The highest BCUT2D eigenvalue weighted by Crippen LogP contribution is 2.23. The molecule has 0 radical (unpaired) electrons. The summed E-state index contributed by atoms with van der Waals surface area (Å²) >= 11 is 1.56. The topological polar surface area (TPSA) is 86.7 Å². The van der Waals surface area contributed by atoms with Crippen molar-refractivity contribution in [2.45, 2.75) is 38.8 Å². The molecule has 2 rings (SSSR count). The molecule has 6 nitrogen and oxygen atoms in total. The molecule has 1 saturated heterocycles. The third-order valence-corrected chi connectivity index (χ3v) is 4.57. The number of carbonyl (C=O) groups is 3. The lowest BCUT2D eigenvalue weighted by atomic mass is 10.1. The fourth-order valence-electron chi connectivity index (χ4n) is 2.40. The van der Waals surface area contributed by atoms with Gasteiger partial charge in [0.2, 0.25) is 11.8 Å². The molecule has 0 bridgehead atoms. The molecular formula is C17H22N2O4S. The molecule has 2 N–H and O–H groups in total. The molecule has 7 heteroatoms. The Labute approximate surface area is 145 Å². The van der Waals surface area contributed by atoms with Crippen molar-refractivity contribution in [3.8, 4) is 0 Å². The van der Waals surface area contributed by atoms with Gasteiger partial charge in [-0.3, -0.25) is 9.59 Å². The normalized spacial score (nSPS) is 17.6. The van der Waals surface area contributed by atoms with Gasteiger partial charge in [0.15, 0.2) is 0 Å². The molecule has 1 aromatic rings. The van der Waals surface area contributed by atoms with Crippen LogP contribution >= 0.6 is 11.8 Å². The predicted molar refractivity (Wildman–Crippen MR) is 93.0 cm³/mol. The van der Waals surface area contributed by atoms with E-state index >= 15 is 0 Å².